The Labute approximate surface area is 183 Å². The summed E-state index contributed by atoms with van der Waals surface area (Å²) in [7, 11) is 0. The minimum Gasteiger partial charge on any atom is -0.454 e. The second-order valence-corrected chi connectivity index (χ2v) is 8.00. The molecule has 1 aliphatic heterocycles. The molecule has 0 aromatic carbocycles. The lowest BCUT2D eigenvalue weighted by Crippen LogP contribution is -2.24. The average molecular weight is 444 g/mol. The van der Waals surface area contributed by atoms with E-state index in [4.69, 9.17) is 30.6 Å². The van der Waals surface area contributed by atoms with Crippen molar-refractivity contribution in [3.8, 4) is 0 Å². The van der Waals surface area contributed by atoms with E-state index in [1.165, 1.54) is 56.1 Å². The Bertz CT molecular complexity index is 662. The van der Waals surface area contributed by atoms with Crippen LogP contribution in [0.2, 0.25) is 5.02 Å². The van der Waals surface area contributed by atoms with Gasteiger partial charge in [0.2, 0.25) is 6.29 Å². The van der Waals surface area contributed by atoms with Crippen LogP contribution in [0.15, 0.2) is 12.3 Å². The Morgan fingerprint density at radius 3 is 2.33 bits per heavy atom. The van der Waals surface area contributed by atoms with Crippen molar-refractivity contribution in [3.05, 3.63) is 23.0 Å². The number of aromatic nitrogens is 1. The maximum atomic E-state index is 12.4. The topological polar surface area (TPSA) is 76.0 Å². The summed E-state index contributed by atoms with van der Waals surface area (Å²) in [6.07, 6.45) is 12.4. The van der Waals surface area contributed by atoms with Gasteiger partial charge in [-0.15, -0.1) is 0 Å². The SMILES string of the molecule is CCCCCCCCCCCCOn1ccc(Cl)c1C(=O)OCC1OC(=O)C(C)O1. The fraction of sp³-hybridized carbons (Fsp3) is 0.727. The molecule has 7 nitrogen and oxygen atoms in total. The van der Waals surface area contributed by atoms with Crippen LogP contribution in [0.25, 0.3) is 0 Å². The number of unbranched alkanes of at least 4 members (excludes halogenated alkanes) is 9. The molecular weight excluding hydrogens is 410 g/mol. The van der Waals surface area contributed by atoms with Crippen molar-refractivity contribution in [1.29, 1.82) is 0 Å². The first-order valence-corrected chi connectivity index (χ1v) is 11.4. The van der Waals surface area contributed by atoms with Crippen LogP contribution in [0, 0.1) is 0 Å². The van der Waals surface area contributed by atoms with Gasteiger partial charge in [-0.3, -0.25) is 0 Å². The number of carbonyl (C=O) groups excluding carboxylic acids is 2. The molecule has 1 aromatic rings. The fourth-order valence-electron chi connectivity index (χ4n) is 3.26. The van der Waals surface area contributed by atoms with Gasteiger partial charge in [0, 0.05) is 6.20 Å². The van der Waals surface area contributed by atoms with Crippen LogP contribution in [0.5, 0.6) is 0 Å². The second-order valence-electron chi connectivity index (χ2n) is 7.60. The predicted molar refractivity (Wildman–Crippen MR) is 113 cm³/mol. The molecular formula is C22H34ClNO6. The third-order valence-corrected chi connectivity index (χ3v) is 5.32. The van der Waals surface area contributed by atoms with Crippen LogP contribution < -0.4 is 4.84 Å². The van der Waals surface area contributed by atoms with Crippen molar-refractivity contribution in [1.82, 2.24) is 4.73 Å². The molecule has 0 radical (unpaired) electrons. The molecule has 0 amide bonds. The maximum Gasteiger partial charge on any atom is 0.360 e. The van der Waals surface area contributed by atoms with Gasteiger partial charge in [-0.2, -0.15) is 4.73 Å². The molecule has 170 valence electrons. The van der Waals surface area contributed by atoms with Crippen LogP contribution in [-0.4, -0.2) is 42.3 Å². The van der Waals surface area contributed by atoms with Gasteiger partial charge in [0.25, 0.3) is 0 Å². The van der Waals surface area contributed by atoms with Crippen LogP contribution >= 0.6 is 11.6 Å². The van der Waals surface area contributed by atoms with Gasteiger partial charge in [0.1, 0.15) is 6.61 Å². The number of ether oxygens (including phenoxy) is 3. The molecule has 0 aliphatic carbocycles. The second kappa shape index (κ2) is 13.5. The summed E-state index contributed by atoms with van der Waals surface area (Å²) in [5.74, 6) is -1.13. The lowest BCUT2D eigenvalue weighted by Gasteiger charge is -2.13. The van der Waals surface area contributed by atoms with Gasteiger partial charge in [-0.1, -0.05) is 69.9 Å². The highest BCUT2D eigenvalue weighted by atomic mass is 35.5. The molecule has 2 rings (SSSR count). The minimum atomic E-state index is -0.897. The lowest BCUT2D eigenvalue weighted by atomic mass is 10.1. The van der Waals surface area contributed by atoms with E-state index >= 15 is 0 Å². The Balaban J connectivity index is 1.62. The monoisotopic (exact) mass is 443 g/mol. The van der Waals surface area contributed by atoms with E-state index < -0.39 is 24.3 Å². The highest BCUT2D eigenvalue weighted by Gasteiger charge is 2.33. The molecule has 0 bridgehead atoms. The first-order valence-electron chi connectivity index (χ1n) is 11.1. The quantitative estimate of drug-likeness (QED) is 0.282. The van der Waals surface area contributed by atoms with E-state index in [0.29, 0.717) is 6.61 Å². The van der Waals surface area contributed by atoms with E-state index in [9.17, 15) is 9.59 Å². The highest BCUT2D eigenvalue weighted by Crippen LogP contribution is 2.19. The Hall–Kier alpha value is -1.73. The lowest BCUT2D eigenvalue weighted by molar-refractivity contribution is -0.146. The van der Waals surface area contributed by atoms with Gasteiger partial charge >= 0.3 is 11.9 Å². The van der Waals surface area contributed by atoms with E-state index in [0.717, 1.165) is 12.8 Å². The molecule has 1 saturated heterocycles. The number of carbonyl (C=O) groups is 2. The van der Waals surface area contributed by atoms with E-state index in [1.807, 2.05) is 0 Å². The summed E-state index contributed by atoms with van der Waals surface area (Å²) < 4.78 is 16.7. The van der Waals surface area contributed by atoms with E-state index in [2.05, 4.69) is 6.92 Å². The number of hydrogen-bond donors (Lipinski definition) is 0. The average Bonchev–Trinajstić information content (AvgIpc) is 3.25. The van der Waals surface area contributed by atoms with Crippen molar-refractivity contribution in [2.45, 2.75) is 90.4 Å². The highest BCUT2D eigenvalue weighted by molar-refractivity contribution is 6.33. The zero-order valence-electron chi connectivity index (χ0n) is 18.1. The molecule has 1 fully saturated rings. The summed E-state index contributed by atoms with van der Waals surface area (Å²) in [5, 5.41) is 0.237. The van der Waals surface area contributed by atoms with Crippen LogP contribution in [-0.2, 0) is 19.0 Å². The maximum absolute atomic E-state index is 12.4. The largest absolute Gasteiger partial charge is 0.454 e. The summed E-state index contributed by atoms with van der Waals surface area (Å²) >= 11 is 6.11. The van der Waals surface area contributed by atoms with Gasteiger partial charge in [-0.05, 0) is 25.8 Å². The van der Waals surface area contributed by atoms with Gasteiger partial charge in [0.15, 0.2) is 18.4 Å². The van der Waals surface area contributed by atoms with Crippen molar-refractivity contribution in [3.63, 3.8) is 0 Å². The van der Waals surface area contributed by atoms with Crippen LogP contribution in [0.3, 0.4) is 0 Å². The molecule has 0 spiro atoms. The van der Waals surface area contributed by atoms with Crippen LogP contribution in [0.4, 0.5) is 0 Å². The predicted octanol–water partition coefficient (Wildman–Crippen LogP) is 4.94. The molecule has 1 aliphatic rings. The van der Waals surface area contributed by atoms with Crippen LogP contribution in [0.1, 0.15) is 88.5 Å². The summed E-state index contributed by atoms with van der Waals surface area (Å²) in [5.41, 5.74) is 0.112. The molecule has 2 atom stereocenters. The van der Waals surface area contributed by atoms with Gasteiger partial charge < -0.3 is 19.0 Å². The first kappa shape index (κ1) is 24.5. The molecule has 8 heteroatoms. The first-order chi connectivity index (χ1) is 14.5. The van der Waals surface area contributed by atoms with Crippen molar-refractivity contribution in [2.24, 2.45) is 0 Å². The molecule has 2 unspecified atom stereocenters. The third-order valence-electron chi connectivity index (χ3n) is 5.01. The number of hydrogen-bond acceptors (Lipinski definition) is 6. The number of esters is 2. The zero-order chi connectivity index (χ0) is 21.8. The van der Waals surface area contributed by atoms with Gasteiger partial charge in [-0.25, -0.2) is 9.59 Å². The summed E-state index contributed by atoms with van der Waals surface area (Å²) in [6.45, 7) is 4.10. The molecule has 30 heavy (non-hydrogen) atoms. The number of nitrogens with zero attached hydrogens (tertiary/aromatic N) is 1. The standard InChI is InChI=1S/C22H34ClNO6/c1-3-4-5-6-7-8-9-10-11-12-15-28-24-14-13-18(23)20(24)22(26)27-16-19-29-17(2)21(25)30-19/h13-14,17,19H,3-12,15-16H2,1-2H3. The molecule has 0 saturated carbocycles. The fourth-order valence-corrected chi connectivity index (χ4v) is 3.48. The summed E-state index contributed by atoms with van der Waals surface area (Å²) in [4.78, 5) is 29.4. The number of rotatable bonds is 15. The smallest absolute Gasteiger partial charge is 0.360 e. The number of cyclic esters (lactones) is 1. The number of halogens is 1. The molecule has 1 aromatic heterocycles. The zero-order valence-corrected chi connectivity index (χ0v) is 18.8. The Morgan fingerprint density at radius 1 is 1.10 bits per heavy atom. The normalized spacial score (nSPS) is 18.4. The van der Waals surface area contributed by atoms with Crippen molar-refractivity contribution < 1.29 is 28.6 Å². The third kappa shape index (κ3) is 8.19. The Kier molecular flexibility index (Phi) is 11.1. The van der Waals surface area contributed by atoms with Crippen molar-refractivity contribution in [2.75, 3.05) is 13.2 Å². The summed E-state index contributed by atoms with van der Waals surface area (Å²) in [6, 6.07) is 1.57. The molecule has 0 N–H and O–H groups in total. The van der Waals surface area contributed by atoms with Gasteiger partial charge in [0.05, 0.1) is 5.02 Å². The Morgan fingerprint density at radius 2 is 1.73 bits per heavy atom. The van der Waals surface area contributed by atoms with E-state index in [1.54, 1.807) is 19.2 Å². The molecule has 2 heterocycles. The minimum absolute atomic E-state index is 0.112. The van der Waals surface area contributed by atoms with E-state index in [-0.39, 0.29) is 17.3 Å². The van der Waals surface area contributed by atoms with Crippen molar-refractivity contribution >= 4 is 23.5 Å².